The van der Waals surface area contributed by atoms with E-state index in [1.165, 1.54) is 11.8 Å². The van der Waals surface area contributed by atoms with Crippen molar-refractivity contribution in [1.82, 2.24) is 9.97 Å². The third-order valence-corrected chi connectivity index (χ3v) is 4.28. The lowest BCUT2D eigenvalue weighted by atomic mass is 10.1. The molecule has 2 aromatic heterocycles. The maximum atomic E-state index is 11.4. The second-order valence-corrected chi connectivity index (χ2v) is 5.84. The van der Waals surface area contributed by atoms with Crippen LogP contribution in [0.5, 0.6) is 0 Å². The molecule has 5 nitrogen and oxygen atoms in total. The lowest BCUT2D eigenvalue weighted by Crippen LogP contribution is -1.92. The maximum absolute atomic E-state index is 11.4. The summed E-state index contributed by atoms with van der Waals surface area (Å²) in [5.41, 5.74) is 1.23. The Hall–Kier alpha value is -1.79. The fraction of sp³-hybridized carbons (Fsp3) is 0.154. The van der Waals surface area contributed by atoms with Gasteiger partial charge >= 0.3 is 5.69 Å². The number of aromatic amines is 1. The second-order valence-electron chi connectivity index (χ2n) is 4.17. The van der Waals surface area contributed by atoms with Gasteiger partial charge in [-0.1, -0.05) is 24.6 Å². The summed E-state index contributed by atoms with van der Waals surface area (Å²) in [6.45, 7) is 1.96. The Bertz CT molecular complexity index is 831. The Morgan fingerprint density at radius 1 is 1.35 bits per heavy atom. The Morgan fingerprint density at radius 3 is 2.80 bits per heavy atom. The van der Waals surface area contributed by atoms with Crippen molar-refractivity contribution in [2.24, 2.45) is 0 Å². The minimum Gasteiger partial charge on any atom is -0.346 e. The molecule has 0 saturated carbocycles. The number of hydrogen-bond acceptors (Lipinski definition) is 4. The molecule has 20 heavy (non-hydrogen) atoms. The normalized spacial score (nSPS) is 11.3. The predicted molar refractivity (Wildman–Crippen MR) is 81.7 cm³/mol. The molecule has 0 unspecified atom stereocenters. The molecule has 1 aromatic carbocycles. The number of thioether (sulfide) groups is 1. The monoisotopic (exact) mass is 307 g/mol. The zero-order valence-electron chi connectivity index (χ0n) is 10.5. The van der Waals surface area contributed by atoms with Crippen molar-refractivity contribution in [2.45, 2.75) is 11.8 Å². The summed E-state index contributed by atoms with van der Waals surface area (Å²) in [5, 5.41) is 13.3. The second kappa shape index (κ2) is 4.96. The molecular weight excluding hydrogens is 298 g/mol. The number of aromatic nitrogens is 2. The van der Waals surface area contributed by atoms with E-state index in [1.54, 1.807) is 18.3 Å². The van der Waals surface area contributed by atoms with Crippen molar-refractivity contribution < 1.29 is 4.92 Å². The van der Waals surface area contributed by atoms with Crippen LogP contribution in [0.15, 0.2) is 29.3 Å². The van der Waals surface area contributed by atoms with E-state index in [4.69, 9.17) is 11.6 Å². The fourth-order valence-electron chi connectivity index (χ4n) is 2.28. The summed E-state index contributed by atoms with van der Waals surface area (Å²) in [6, 6.07) is 5.47. The van der Waals surface area contributed by atoms with Gasteiger partial charge in [0.15, 0.2) is 5.15 Å². The SMILES string of the molecule is CCSc1ccc2c([nH]c3c(Cl)nccc32)c1[N+](=O)[O-]. The molecule has 0 aliphatic heterocycles. The summed E-state index contributed by atoms with van der Waals surface area (Å²) < 4.78 is 0. The van der Waals surface area contributed by atoms with Crippen molar-refractivity contribution in [3.05, 3.63) is 39.7 Å². The zero-order chi connectivity index (χ0) is 14.3. The molecule has 0 spiro atoms. The van der Waals surface area contributed by atoms with Crippen LogP contribution in [-0.4, -0.2) is 20.6 Å². The Kier molecular flexibility index (Phi) is 3.27. The first-order valence-electron chi connectivity index (χ1n) is 5.99. The van der Waals surface area contributed by atoms with Crippen LogP contribution in [-0.2, 0) is 0 Å². The molecular formula is C13H10ClN3O2S. The van der Waals surface area contributed by atoms with E-state index in [0.717, 1.165) is 16.5 Å². The highest BCUT2D eigenvalue weighted by molar-refractivity contribution is 7.99. The van der Waals surface area contributed by atoms with E-state index in [2.05, 4.69) is 9.97 Å². The van der Waals surface area contributed by atoms with E-state index < -0.39 is 0 Å². The van der Waals surface area contributed by atoms with E-state index in [1.807, 2.05) is 13.0 Å². The molecule has 0 radical (unpaired) electrons. The van der Waals surface area contributed by atoms with Gasteiger partial charge in [-0.25, -0.2) is 4.98 Å². The first-order valence-corrected chi connectivity index (χ1v) is 7.36. The highest BCUT2D eigenvalue weighted by Crippen LogP contribution is 2.39. The van der Waals surface area contributed by atoms with Crippen LogP contribution in [0.2, 0.25) is 5.15 Å². The lowest BCUT2D eigenvalue weighted by molar-refractivity contribution is -0.386. The van der Waals surface area contributed by atoms with Crippen molar-refractivity contribution in [2.75, 3.05) is 5.75 Å². The van der Waals surface area contributed by atoms with Gasteiger partial charge in [-0.15, -0.1) is 11.8 Å². The van der Waals surface area contributed by atoms with Gasteiger partial charge in [0, 0.05) is 17.0 Å². The molecule has 0 saturated heterocycles. The number of nitrogens with one attached hydrogen (secondary N) is 1. The Labute approximate surface area is 123 Å². The number of fused-ring (bicyclic) bond motifs is 3. The fourth-order valence-corrected chi connectivity index (χ4v) is 3.27. The smallest absolute Gasteiger partial charge is 0.306 e. The number of nitro groups is 1. The van der Waals surface area contributed by atoms with Crippen LogP contribution < -0.4 is 0 Å². The number of nitrogens with zero attached hydrogens (tertiary/aromatic N) is 2. The number of hydrogen-bond donors (Lipinski definition) is 1. The molecule has 0 aliphatic carbocycles. The lowest BCUT2D eigenvalue weighted by Gasteiger charge is -2.01. The van der Waals surface area contributed by atoms with Crippen LogP contribution in [0.1, 0.15) is 6.92 Å². The van der Waals surface area contributed by atoms with Gasteiger partial charge in [0.2, 0.25) is 0 Å². The number of nitro benzene ring substituents is 1. The molecule has 2 heterocycles. The molecule has 3 aromatic rings. The molecule has 102 valence electrons. The van der Waals surface area contributed by atoms with E-state index >= 15 is 0 Å². The molecule has 7 heteroatoms. The van der Waals surface area contributed by atoms with Crippen molar-refractivity contribution in [1.29, 1.82) is 0 Å². The highest BCUT2D eigenvalue weighted by Gasteiger charge is 2.22. The van der Waals surface area contributed by atoms with Crippen LogP contribution in [0.4, 0.5) is 5.69 Å². The minimum absolute atomic E-state index is 0.0987. The van der Waals surface area contributed by atoms with E-state index in [-0.39, 0.29) is 10.6 Å². The Balaban J connectivity index is 2.45. The molecule has 0 aliphatic rings. The van der Waals surface area contributed by atoms with Gasteiger partial charge in [-0.2, -0.15) is 0 Å². The van der Waals surface area contributed by atoms with E-state index in [0.29, 0.717) is 21.1 Å². The average molecular weight is 308 g/mol. The van der Waals surface area contributed by atoms with Gasteiger partial charge < -0.3 is 4.98 Å². The van der Waals surface area contributed by atoms with Gasteiger partial charge in [-0.05, 0) is 17.9 Å². The third kappa shape index (κ3) is 1.92. The predicted octanol–water partition coefficient (Wildman–Crippen LogP) is 4.39. The zero-order valence-corrected chi connectivity index (χ0v) is 12.1. The van der Waals surface area contributed by atoms with Crippen molar-refractivity contribution in [3.63, 3.8) is 0 Å². The standard InChI is InChI=1S/C13H10ClN3O2S/c1-2-20-9-4-3-7-8-5-6-15-13(14)11(8)16-10(7)12(9)17(18)19/h3-6,16H,2H2,1H3. The number of H-pyrrole nitrogens is 1. The van der Waals surface area contributed by atoms with Gasteiger partial charge in [0.25, 0.3) is 0 Å². The molecule has 0 amide bonds. The van der Waals surface area contributed by atoms with Gasteiger partial charge in [0.05, 0.1) is 15.3 Å². The van der Waals surface area contributed by atoms with Gasteiger partial charge in [0.1, 0.15) is 5.52 Å². The number of benzene rings is 1. The van der Waals surface area contributed by atoms with Crippen molar-refractivity contribution in [3.8, 4) is 0 Å². The van der Waals surface area contributed by atoms with Crippen molar-refractivity contribution >= 4 is 50.9 Å². The maximum Gasteiger partial charge on any atom is 0.306 e. The molecule has 0 atom stereocenters. The molecule has 0 bridgehead atoms. The first-order chi connectivity index (χ1) is 9.63. The van der Waals surface area contributed by atoms with Crippen LogP contribution in [0.25, 0.3) is 21.8 Å². The average Bonchev–Trinajstić information content (AvgIpc) is 2.78. The van der Waals surface area contributed by atoms with Gasteiger partial charge in [-0.3, -0.25) is 10.1 Å². The molecule has 3 rings (SSSR count). The Morgan fingerprint density at radius 2 is 2.10 bits per heavy atom. The number of rotatable bonds is 3. The number of pyridine rings is 1. The van der Waals surface area contributed by atoms with E-state index in [9.17, 15) is 10.1 Å². The largest absolute Gasteiger partial charge is 0.346 e. The summed E-state index contributed by atoms with van der Waals surface area (Å²) in [6.07, 6.45) is 1.60. The molecule has 1 N–H and O–H groups in total. The van der Waals surface area contributed by atoms with Crippen LogP contribution in [0, 0.1) is 10.1 Å². The third-order valence-electron chi connectivity index (χ3n) is 3.07. The van der Waals surface area contributed by atoms with Crippen LogP contribution >= 0.6 is 23.4 Å². The summed E-state index contributed by atoms with van der Waals surface area (Å²) in [7, 11) is 0. The minimum atomic E-state index is -0.350. The summed E-state index contributed by atoms with van der Waals surface area (Å²) in [5.74, 6) is 0.773. The summed E-state index contributed by atoms with van der Waals surface area (Å²) >= 11 is 7.49. The highest BCUT2D eigenvalue weighted by atomic mass is 35.5. The molecule has 0 fully saturated rings. The summed E-state index contributed by atoms with van der Waals surface area (Å²) in [4.78, 5) is 18.7. The number of halogens is 1. The van der Waals surface area contributed by atoms with Crippen LogP contribution in [0.3, 0.4) is 0 Å². The first kappa shape index (κ1) is 13.2. The topological polar surface area (TPSA) is 71.8 Å². The quantitative estimate of drug-likeness (QED) is 0.337.